The molecule has 6 heteroatoms. The van der Waals surface area contributed by atoms with Crippen LogP contribution in [0.3, 0.4) is 0 Å². The summed E-state index contributed by atoms with van der Waals surface area (Å²) in [6.45, 7) is 6.39. The van der Waals surface area contributed by atoms with Crippen molar-refractivity contribution >= 4 is 32.4 Å². The zero-order valence-electron chi connectivity index (χ0n) is 14.0. The van der Waals surface area contributed by atoms with Gasteiger partial charge in [-0.2, -0.15) is 0 Å². The lowest BCUT2D eigenvalue weighted by Crippen LogP contribution is -2.45. The summed E-state index contributed by atoms with van der Waals surface area (Å²) in [7, 11) is 0. The van der Waals surface area contributed by atoms with Crippen molar-refractivity contribution in [1.29, 1.82) is 0 Å². The Hall–Kier alpha value is -2.17. The summed E-state index contributed by atoms with van der Waals surface area (Å²) >= 11 is 3.31. The topological polar surface area (TPSA) is 53.0 Å². The van der Waals surface area contributed by atoms with Gasteiger partial charge in [0.15, 0.2) is 5.94 Å². The zero-order chi connectivity index (χ0) is 17.7. The largest absolute Gasteiger partial charge is 0.298 e. The average molecular weight is 390 g/mol. The molecule has 0 spiro atoms. The fourth-order valence-electron chi connectivity index (χ4n) is 2.59. The molecule has 0 aliphatic carbocycles. The molecule has 24 heavy (non-hydrogen) atoms. The summed E-state index contributed by atoms with van der Waals surface area (Å²) in [5, 5.41) is 0. The molecule has 0 N–H and O–H groups in total. The van der Waals surface area contributed by atoms with Crippen LogP contribution in [-0.4, -0.2) is 32.8 Å². The molecule has 0 unspecified atom stereocenters. The second kappa shape index (κ2) is 8.08. The van der Waals surface area contributed by atoms with Gasteiger partial charge in [-0.05, 0) is 41.8 Å². The van der Waals surface area contributed by atoms with Gasteiger partial charge in [-0.15, -0.1) is 0 Å². The molecule has 0 aromatic heterocycles. The number of carbonyl (C=O) groups is 1. The summed E-state index contributed by atoms with van der Waals surface area (Å²) in [5.41, 5.74) is 1.53. The van der Waals surface area contributed by atoms with E-state index in [0.29, 0.717) is 29.1 Å². The van der Waals surface area contributed by atoms with Gasteiger partial charge in [0.2, 0.25) is 5.82 Å². The van der Waals surface area contributed by atoms with Gasteiger partial charge in [-0.3, -0.25) is 14.6 Å². The highest BCUT2D eigenvalue weighted by atomic mass is 79.9. The van der Waals surface area contributed by atoms with Gasteiger partial charge >= 0.3 is 0 Å². The Bertz CT molecular complexity index is 730. The summed E-state index contributed by atoms with van der Waals surface area (Å²) < 4.78 is 0.636. The number of nitrogens with zero attached hydrogens (tertiary/aromatic N) is 3. The van der Waals surface area contributed by atoms with Crippen molar-refractivity contribution in [3.05, 3.63) is 53.1 Å². The van der Waals surface area contributed by atoms with Gasteiger partial charge in [-0.25, -0.2) is 9.79 Å². The van der Waals surface area contributed by atoms with Crippen molar-refractivity contribution in [2.45, 2.75) is 33.7 Å². The van der Waals surface area contributed by atoms with Crippen LogP contribution in [0.5, 0.6) is 0 Å². The van der Waals surface area contributed by atoms with Crippen LogP contribution < -0.4 is 0 Å². The van der Waals surface area contributed by atoms with E-state index in [1.165, 1.54) is 4.90 Å². The predicted octanol–water partition coefficient (Wildman–Crippen LogP) is 3.46. The molecule has 1 aliphatic heterocycles. The van der Waals surface area contributed by atoms with Crippen LogP contribution in [0.15, 0.2) is 52.5 Å². The first-order valence-corrected chi connectivity index (χ1v) is 8.59. The fourth-order valence-corrected chi connectivity index (χ4v) is 2.76. The maximum Gasteiger partial charge on any atom is 0.259 e. The van der Waals surface area contributed by atoms with E-state index in [9.17, 15) is 9.59 Å². The van der Waals surface area contributed by atoms with E-state index in [-0.39, 0.29) is 11.7 Å². The first-order chi connectivity index (χ1) is 11.5. The van der Waals surface area contributed by atoms with E-state index < -0.39 is 0 Å². The number of carbonyl (C=O) groups excluding carboxylic acids is 2. The third kappa shape index (κ3) is 3.83. The van der Waals surface area contributed by atoms with Crippen LogP contribution in [0, 0.1) is 0 Å². The quantitative estimate of drug-likeness (QED) is 0.572. The molecule has 1 heterocycles. The van der Waals surface area contributed by atoms with Gasteiger partial charge in [0, 0.05) is 6.54 Å². The van der Waals surface area contributed by atoms with Crippen LogP contribution in [-0.2, 0) is 16.1 Å². The second-order valence-corrected chi connectivity index (χ2v) is 6.66. The van der Waals surface area contributed by atoms with Crippen LogP contribution in [0.2, 0.25) is 0 Å². The first kappa shape index (κ1) is 18.2. The SMILES string of the molecule is CCCN1C(=O)C(C)=C(/N=C(\C)Br)N(Cc2ccccc2)C1=C=O. The third-order valence-corrected chi connectivity index (χ3v) is 3.83. The van der Waals surface area contributed by atoms with Crippen molar-refractivity contribution in [2.24, 2.45) is 4.99 Å². The molecule has 1 aliphatic rings. The Morgan fingerprint density at radius 1 is 1.25 bits per heavy atom. The summed E-state index contributed by atoms with van der Waals surface area (Å²) in [6, 6.07) is 9.76. The Labute approximate surface area is 150 Å². The molecule has 5 nitrogen and oxygen atoms in total. The van der Waals surface area contributed by atoms with E-state index in [4.69, 9.17) is 0 Å². The third-order valence-electron chi connectivity index (χ3n) is 3.65. The molecule has 1 aromatic rings. The van der Waals surface area contributed by atoms with Crippen LogP contribution in [0.4, 0.5) is 0 Å². The smallest absolute Gasteiger partial charge is 0.259 e. The minimum Gasteiger partial charge on any atom is -0.298 e. The minimum atomic E-state index is -0.202. The van der Waals surface area contributed by atoms with Gasteiger partial charge in [-0.1, -0.05) is 37.3 Å². The van der Waals surface area contributed by atoms with Crippen molar-refractivity contribution in [2.75, 3.05) is 6.54 Å². The van der Waals surface area contributed by atoms with Crippen molar-refractivity contribution in [3.63, 3.8) is 0 Å². The van der Waals surface area contributed by atoms with Gasteiger partial charge in [0.05, 0.1) is 16.7 Å². The monoisotopic (exact) mass is 389 g/mol. The lowest BCUT2D eigenvalue weighted by molar-refractivity contribution is -0.127. The number of hydrogen-bond donors (Lipinski definition) is 0. The molecular formula is C18H20BrN3O2. The molecule has 0 bridgehead atoms. The number of rotatable bonds is 5. The Morgan fingerprint density at radius 3 is 2.46 bits per heavy atom. The molecule has 0 radical (unpaired) electrons. The highest BCUT2D eigenvalue weighted by Crippen LogP contribution is 2.29. The summed E-state index contributed by atoms with van der Waals surface area (Å²) in [5.74, 6) is 2.43. The van der Waals surface area contributed by atoms with E-state index in [2.05, 4.69) is 20.9 Å². The van der Waals surface area contributed by atoms with Crippen LogP contribution in [0.25, 0.3) is 0 Å². The fraction of sp³-hybridized carbons (Fsp3) is 0.333. The summed E-state index contributed by atoms with van der Waals surface area (Å²) in [4.78, 5) is 31.9. The molecule has 2 rings (SSSR count). The molecule has 0 fully saturated rings. The first-order valence-electron chi connectivity index (χ1n) is 7.79. The van der Waals surface area contributed by atoms with Crippen molar-refractivity contribution in [3.8, 4) is 0 Å². The highest BCUT2D eigenvalue weighted by Gasteiger charge is 2.34. The standard InChI is InChI=1S/C18H20BrN3O2/c1-4-10-21-16(12-23)22(11-15-8-6-5-7-9-15)17(20-14(3)19)13(2)18(21)24/h5-9H,4,10-11H2,1-3H3/b20-14+. The van der Waals surface area contributed by atoms with E-state index >= 15 is 0 Å². The molecule has 126 valence electrons. The molecule has 0 atom stereocenters. The Balaban J connectivity index is 2.56. The summed E-state index contributed by atoms with van der Waals surface area (Å²) in [6.07, 6.45) is 0.749. The van der Waals surface area contributed by atoms with Gasteiger partial charge in [0.1, 0.15) is 5.82 Å². The maximum atomic E-state index is 12.6. The van der Waals surface area contributed by atoms with Crippen molar-refractivity contribution in [1.82, 2.24) is 9.80 Å². The Kier molecular flexibility index (Phi) is 6.12. The van der Waals surface area contributed by atoms with Gasteiger partial charge in [0.25, 0.3) is 5.91 Å². The maximum absolute atomic E-state index is 12.6. The number of halogens is 1. The molecule has 0 saturated carbocycles. The van der Waals surface area contributed by atoms with Crippen molar-refractivity contribution < 1.29 is 9.59 Å². The Morgan fingerprint density at radius 2 is 1.92 bits per heavy atom. The molecule has 1 aromatic carbocycles. The molecule has 1 amide bonds. The lowest BCUT2D eigenvalue weighted by atomic mass is 10.1. The van der Waals surface area contributed by atoms with E-state index in [1.54, 1.807) is 18.7 Å². The number of hydrogen-bond acceptors (Lipinski definition) is 4. The van der Waals surface area contributed by atoms with Crippen LogP contribution >= 0.6 is 15.9 Å². The average Bonchev–Trinajstić information content (AvgIpc) is 2.57. The zero-order valence-corrected chi connectivity index (χ0v) is 15.6. The van der Waals surface area contributed by atoms with E-state index in [0.717, 1.165) is 12.0 Å². The lowest BCUT2D eigenvalue weighted by Gasteiger charge is -2.37. The molecular weight excluding hydrogens is 370 g/mol. The number of amides is 1. The predicted molar refractivity (Wildman–Crippen MR) is 97.9 cm³/mol. The number of aliphatic imine (C=N–C) groups is 1. The second-order valence-electron chi connectivity index (χ2n) is 5.51. The minimum absolute atomic E-state index is 0.202. The van der Waals surface area contributed by atoms with E-state index in [1.807, 2.05) is 43.2 Å². The normalized spacial score (nSPS) is 15.9. The number of benzene rings is 1. The van der Waals surface area contributed by atoms with Crippen LogP contribution in [0.1, 0.15) is 32.8 Å². The van der Waals surface area contributed by atoms with Gasteiger partial charge < -0.3 is 0 Å². The highest BCUT2D eigenvalue weighted by molar-refractivity contribution is 9.18. The molecule has 0 saturated heterocycles.